The number of likely N-dealkylation sites (tertiary alicyclic amines) is 1. The largest absolute Gasteiger partial charge is 0.508 e. The molecule has 8 heteroatoms. The minimum absolute atomic E-state index is 0. The summed E-state index contributed by atoms with van der Waals surface area (Å²) in [6, 6.07) is 14.0. The number of aromatic hydroxyl groups is 1. The van der Waals surface area contributed by atoms with Crippen LogP contribution in [0.4, 0.5) is 0 Å². The lowest BCUT2D eigenvalue weighted by atomic mass is 10.0. The Kier molecular flexibility index (Phi) is 11.6. The predicted octanol–water partition coefficient (Wildman–Crippen LogP) is 3.96. The summed E-state index contributed by atoms with van der Waals surface area (Å²) in [5.41, 5.74) is 2.15. The molecule has 0 aliphatic carbocycles. The summed E-state index contributed by atoms with van der Waals surface area (Å²) >= 11 is 0. The lowest BCUT2D eigenvalue weighted by Gasteiger charge is -2.35. The van der Waals surface area contributed by atoms with Crippen LogP contribution < -0.4 is 20.1 Å². The van der Waals surface area contributed by atoms with E-state index in [1.54, 1.807) is 27.3 Å². The summed E-state index contributed by atoms with van der Waals surface area (Å²) in [6.07, 6.45) is 4.47. The van der Waals surface area contributed by atoms with E-state index in [2.05, 4.69) is 32.7 Å². The second-order valence-corrected chi connectivity index (χ2v) is 8.01. The number of hydrogen-bond donors (Lipinski definition) is 3. The minimum atomic E-state index is 0. The second kappa shape index (κ2) is 14.1. The number of ether oxygens (including phenoxy) is 2. The summed E-state index contributed by atoms with van der Waals surface area (Å²) in [6.45, 7) is 3.65. The Hall–Kier alpha value is -2.20. The quantitative estimate of drug-likeness (QED) is 0.242. The molecule has 7 nitrogen and oxygen atoms in total. The van der Waals surface area contributed by atoms with E-state index in [0.29, 0.717) is 18.7 Å². The van der Waals surface area contributed by atoms with Gasteiger partial charge in [0.15, 0.2) is 5.96 Å². The standard InChI is InChI=1S/C25H36N4O3.HI/c1-26-25(27-14-13-20-9-12-22(32-3)17-24(20)30)28-18-23(29-15-5-4-6-16-29)19-7-10-21(31-2)11-8-19;/h7-12,17,23,30H,4-6,13-16,18H2,1-3H3,(H2,26,27,28);1H. The van der Waals surface area contributed by atoms with Crippen molar-refractivity contribution in [1.82, 2.24) is 15.5 Å². The fraction of sp³-hybridized carbons (Fsp3) is 0.480. The average Bonchev–Trinajstić information content (AvgIpc) is 2.84. The van der Waals surface area contributed by atoms with Crippen LogP contribution in [0.1, 0.15) is 36.4 Å². The molecule has 1 aliphatic heterocycles. The fourth-order valence-electron chi connectivity index (χ4n) is 4.13. The van der Waals surface area contributed by atoms with Crippen molar-refractivity contribution in [2.45, 2.75) is 31.7 Å². The van der Waals surface area contributed by atoms with Gasteiger partial charge in [-0.05, 0) is 61.7 Å². The van der Waals surface area contributed by atoms with Gasteiger partial charge in [0.05, 0.1) is 20.3 Å². The number of benzene rings is 2. The molecule has 1 atom stereocenters. The Morgan fingerprint density at radius 1 is 1.00 bits per heavy atom. The number of methoxy groups -OCH3 is 2. The van der Waals surface area contributed by atoms with Crippen LogP contribution >= 0.6 is 24.0 Å². The van der Waals surface area contributed by atoms with E-state index in [-0.39, 0.29) is 35.8 Å². The van der Waals surface area contributed by atoms with Crippen LogP contribution in [0, 0.1) is 0 Å². The van der Waals surface area contributed by atoms with E-state index in [9.17, 15) is 5.11 Å². The third-order valence-electron chi connectivity index (χ3n) is 6.00. The highest BCUT2D eigenvalue weighted by atomic mass is 127. The molecule has 0 spiro atoms. The lowest BCUT2D eigenvalue weighted by Crippen LogP contribution is -2.44. The first-order valence-electron chi connectivity index (χ1n) is 11.3. The maximum atomic E-state index is 10.2. The molecule has 1 heterocycles. The molecule has 1 unspecified atom stereocenters. The van der Waals surface area contributed by atoms with Gasteiger partial charge in [-0.15, -0.1) is 24.0 Å². The zero-order chi connectivity index (χ0) is 22.8. The predicted molar refractivity (Wildman–Crippen MR) is 144 cm³/mol. The number of nitrogens with one attached hydrogen (secondary N) is 2. The molecule has 0 amide bonds. The number of halogens is 1. The van der Waals surface area contributed by atoms with Crippen molar-refractivity contribution in [3.63, 3.8) is 0 Å². The van der Waals surface area contributed by atoms with Gasteiger partial charge in [-0.25, -0.2) is 0 Å². The van der Waals surface area contributed by atoms with Gasteiger partial charge in [0.2, 0.25) is 0 Å². The number of hydrogen-bond acceptors (Lipinski definition) is 5. The van der Waals surface area contributed by atoms with E-state index in [1.165, 1.54) is 24.8 Å². The van der Waals surface area contributed by atoms with Gasteiger partial charge < -0.3 is 25.2 Å². The van der Waals surface area contributed by atoms with E-state index < -0.39 is 0 Å². The van der Waals surface area contributed by atoms with Crippen molar-refractivity contribution in [3.05, 3.63) is 53.6 Å². The number of guanidine groups is 1. The molecular weight excluding hydrogens is 531 g/mol. The molecule has 3 N–H and O–H groups in total. The van der Waals surface area contributed by atoms with Crippen molar-refractivity contribution < 1.29 is 14.6 Å². The van der Waals surface area contributed by atoms with Crippen LogP contribution in [-0.2, 0) is 6.42 Å². The van der Waals surface area contributed by atoms with Gasteiger partial charge in [0.25, 0.3) is 0 Å². The molecule has 1 fully saturated rings. The summed E-state index contributed by atoms with van der Waals surface area (Å²) in [4.78, 5) is 6.94. The van der Waals surface area contributed by atoms with Gasteiger partial charge in [-0.1, -0.05) is 24.6 Å². The van der Waals surface area contributed by atoms with E-state index >= 15 is 0 Å². The van der Waals surface area contributed by atoms with E-state index in [1.807, 2.05) is 24.3 Å². The van der Waals surface area contributed by atoms with Crippen LogP contribution in [0.25, 0.3) is 0 Å². The highest BCUT2D eigenvalue weighted by Crippen LogP contribution is 2.26. The molecule has 1 saturated heterocycles. The summed E-state index contributed by atoms with van der Waals surface area (Å²) in [5.74, 6) is 2.53. The average molecular weight is 569 g/mol. The molecule has 33 heavy (non-hydrogen) atoms. The van der Waals surface area contributed by atoms with Crippen molar-refractivity contribution in [2.24, 2.45) is 4.99 Å². The molecule has 2 aromatic carbocycles. The van der Waals surface area contributed by atoms with Crippen LogP contribution in [0.5, 0.6) is 17.2 Å². The van der Waals surface area contributed by atoms with Crippen LogP contribution in [-0.4, -0.2) is 63.4 Å². The maximum absolute atomic E-state index is 10.2. The Labute approximate surface area is 214 Å². The third kappa shape index (κ3) is 7.96. The first kappa shape index (κ1) is 27.0. The fourth-order valence-corrected chi connectivity index (χ4v) is 4.13. The Morgan fingerprint density at radius 2 is 1.67 bits per heavy atom. The zero-order valence-electron chi connectivity index (χ0n) is 19.8. The Morgan fingerprint density at radius 3 is 2.27 bits per heavy atom. The number of phenols is 1. The first-order valence-corrected chi connectivity index (χ1v) is 11.3. The molecule has 0 saturated carbocycles. The third-order valence-corrected chi connectivity index (χ3v) is 6.00. The summed E-state index contributed by atoms with van der Waals surface area (Å²) in [7, 11) is 5.07. The van der Waals surface area contributed by atoms with Crippen molar-refractivity contribution >= 4 is 29.9 Å². The number of phenolic OH excluding ortho intramolecular Hbond substituents is 1. The van der Waals surface area contributed by atoms with Gasteiger partial charge in [-0.3, -0.25) is 9.89 Å². The smallest absolute Gasteiger partial charge is 0.191 e. The van der Waals surface area contributed by atoms with Gasteiger partial charge in [-0.2, -0.15) is 0 Å². The maximum Gasteiger partial charge on any atom is 0.191 e. The molecule has 3 rings (SSSR count). The van der Waals surface area contributed by atoms with Gasteiger partial charge in [0, 0.05) is 26.2 Å². The van der Waals surface area contributed by atoms with Gasteiger partial charge in [0.1, 0.15) is 17.2 Å². The van der Waals surface area contributed by atoms with Gasteiger partial charge >= 0.3 is 0 Å². The molecule has 1 aliphatic rings. The zero-order valence-corrected chi connectivity index (χ0v) is 22.2. The van der Waals surface area contributed by atoms with Crippen LogP contribution in [0.2, 0.25) is 0 Å². The van der Waals surface area contributed by atoms with Crippen molar-refractivity contribution in [1.29, 1.82) is 0 Å². The van der Waals surface area contributed by atoms with Crippen LogP contribution in [0.3, 0.4) is 0 Å². The van der Waals surface area contributed by atoms with E-state index in [4.69, 9.17) is 9.47 Å². The molecule has 2 aromatic rings. The molecular formula is C25H37IN4O3. The van der Waals surface area contributed by atoms with E-state index in [0.717, 1.165) is 36.9 Å². The Bertz CT molecular complexity index is 870. The normalized spacial score (nSPS) is 15.3. The number of aliphatic imine (C=N–C) groups is 1. The molecule has 0 radical (unpaired) electrons. The second-order valence-electron chi connectivity index (χ2n) is 8.01. The monoisotopic (exact) mass is 568 g/mol. The molecule has 0 aromatic heterocycles. The molecule has 0 bridgehead atoms. The first-order chi connectivity index (χ1) is 15.6. The topological polar surface area (TPSA) is 78.4 Å². The number of piperidine rings is 1. The molecule has 182 valence electrons. The van der Waals surface area contributed by atoms with Crippen molar-refractivity contribution in [2.75, 3.05) is 47.4 Å². The summed E-state index contributed by atoms with van der Waals surface area (Å²) < 4.78 is 10.5. The van der Waals surface area contributed by atoms with Crippen LogP contribution in [0.15, 0.2) is 47.5 Å². The summed E-state index contributed by atoms with van der Waals surface area (Å²) in [5, 5.41) is 17.0. The Balaban J connectivity index is 0.00000385. The minimum Gasteiger partial charge on any atom is -0.508 e. The number of rotatable bonds is 9. The van der Waals surface area contributed by atoms with Crippen molar-refractivity contribution in [3.8, 4) is 17.2 Å². The SMILES string of the molecule is CN=C(NCCc1ccc(OC)cc1O)NCC(c1ccc(OC)cc1)N1CCCCC1.I. The highest BCUT2D eigenvalue weighted by molar-refractivity contribution is 14.0. The highest BCUT2D eigenvalue weighted by Gasteiger charge is 2.22. The number of nitrogens with zero attached hydrogens (tertiary/aromatic N) is 2. The lowest BCUT2D eigenvalue weighted by molar-refractivity contribution is 0.164.